The number of carbonyl (C=O) groups excluding carboxylic acids is 2. The first kappa shape index (κ1) is 28.3. The van der Waals surface area contributed by atoms with Gasteiger partial charge in [0.05, 0.1) is 10.5 Å². The minimum Gasteiger partial charge on any atom is -0.398 e. The molecule has 196 valence electrons. The number of anilines is 1. The molecule has 0 unspecified atom stereocenters. The van der Waals surface area contributed by atoms with E-state index in [1.807, 2.05) is 36.4 Å². The van der Waals surface area contributed by atoms with Crippen molar-refractivity contribution in [3.8, 4) is 34.8 Å². The van der Waals surface area contributed by atoms with Gasteiger partial charge in [-0.05, 0) is 72.8 Å². The highest BCUT2D eigenvalue weighted by atomic mass is 32.2. The van der Waals surface area contributed by atoms with Crippen molar-refractivity contribution in [1.29, 1.82) is 0 Å². The van der Waals surface area contributed by atoms with Crippen LogP contribution in [0, 0.1) is 33.8 Å². The normalized spacial score (nSPS) is 10.1. The van der Waals surface area contributed by atoms with Crippen molar-refractivity contribution in [2.75, 3.05) is 5.73 Å². The van der Waals surface area contributed by atoms with Crippen LogP contribution in [0.2, 0.25) is 0 Å². The first-order valence-electron chi connectivity index (χ1n) is 12.0. The van der Waals surface area contributed by atoms with Crippen molar-refractivity contribution in [2.24, 2.45) is 0 Å². The van der Waals surface area contributed by atoms with E-state index in [4.69, 9.17) is 5.73 Å². The molecule has 0 aliphatic rings. The Morgan fingerprint density at radius 2 is 1.05 bits per heavy atom. The van der Waals surface area contributed by atoms with E-state index in [0.29, 0.717) is 27.9 Å². The van der Waals surface area contributed by atoms with Crippen LogP contribution in [0.15, 0.2) is 94.7 Å². The summed E-state index contributed by atoms with van der Waals surface area (Å²) in [6.07, 6.45) is 0. The lowest BCUT2D eigenvalue weighted by Crippen LogP contribution is -1.97. The van der Waals surface area contributed by atoms with Crippen LogP contribution in [-0.4, -0.2) is 15.2 Å². The van der Waals surface area contributed by atoms with Gasteiger partial charge in [-0.25, -0.2) is 0 Å². The number of nitro groups is 1. The van der Waals surface area contributed by atoms with Crippen molar-refractivity contribution in [2.45, 2.75) is 23.6 Å². The van der Waals surface area contributed by atoms with Gasteiger partial charge in [-0.15, -0.1) is 0 Å². The van der Waals surface area contributed by atoms with Gasteiger partial charge in [0.2, 0.25) is 0 Å². The van der Waals surface area contributed by atoms with Gasteiger partial charge in [0.25, 0.3) is 5.69 Å². The average molecular weight is 563 g/mol. The van der Waals surface area contributed by atoms with Gasteiger partial charge < -0.3 is 5.73 Å². The number of nitrogens with zero attached hydrogens (tertiary/aromatic N) is 1. The smallest absolute Gasteiger partial charge is 0.278 e. The fourth-order valence-electron chi connectivity index (χ4n) is 3.71. The second kappa shape index (κ2) is 12.9. The minimum absolute atomic E-state index is 0.00207. The molecule has 0 amide bonds. The SMILES string of the molecule is CC(=O)Sc1ccc(C#Cc2ccc(-c3ccc(C#Cc4ccc(SC(C)=O)cc4)cc3[N+](=O)[O-])c(N)c2)cc1. The van der Waals surface area contributed by atoms with Crippen LogP contribution >= 0.6 is 23.5 Å². The molecule has 0 fully saturated rings. The highest BCUT2D eigenvalue weighted by molar-refractivity contribution is 8.13. The molecule has 8 heteroatoms. The average Bonchev–Trinajstić information content (AvgIpc) is 2.92. The third kappa shape index (κ3) is 7.64. The summed E-state index contributed by atoms with van der Waals surface area (Å²) in [5, 5.41) is 11.9. The summed E-state index contributed by atoms with van der Waals surface area (Å²) in [7, 11) is 0. The molecule has 4 aromatic carbocycles. The zero-order chi connectivity index (χ0) is 28.6. The van der Waals surface area contributed by atoms with Gasteiger partial charge in [-0.2, -0.15) is 0 Å². The van der Waals surface area contributed by atoms with E-state index in [1.54, 1.807) is 42.5 Å². The summed E-state index contributed by atoms with van der Waals surface area (Å²) in [6.45, 7) is 3.02. The minimum atomic E-state index is -0.449. The summed E-state index contributed by atoms with van der Waals surface area (Å²) in [5.74, 6) is 12.1. The number of hydrogen-bond donors (Lipinski definition) is 1. The molecule has 0 aliphatic carbocycles. The Balaban J connectivity index is 1.55. The van der Waals surface area contributed by atoms with Crippen LogP contribution in [0.4, 0.5) is 11.4 Å². The molecule has 0 aromatic heterocycles. The van der Waals surface area contributed by atoms with Crippen LogP contribution in [0.1, 0.15) is 36.1 Å². The van der Waals surface area contributed by atoms with E-state index < -0.39 is 4.92 Å². The molecule has 4 rings (SSSR count). The molecular weight excluding hydrogens is 540 g/mol. The Kier molecular flexibility index (Phi) is 9.08. The van der Waals surface area contributed by atoms with E-state index in [0.717, 1.165) is 44.4 Å². The molecule has 0 bridgehead atoms. The Bertz CT molecular complexity index is 1740. The van der Waals surface area contributed by atoms with E-state index in [9.17, 15) is 19.7 Å². The molecule has 0 heterocycles. The lowest BCUT2D eigenvalue weighted by Gasteiger charge is -2.08. The third-order valence-corrected chi connectivity index (χ3v) is 7.06. The number of nitrogens with two attached hydrogens (primary N) is 1. The fourth-order valence-corrected chi connectivity index (χ4v) is 4.92. The lowest BCUT2D eigenvalue weighted by molar-refractivity contribution is -0.384. The Labute approximate surface area is 240 Å². The van der Waals surface area contributed by atoms with Crippen molar-refractivity contribution in [3.05, 3.63) is 117 Å². The Hall–Kier alpha value is -4.76. The van der Waals surface area contributed by atoms with Crippen molar-refractivity contribution in [1.82, 2.24) is 0 Å². The number of thioether (sulfide) groups is 2. The molecule has 0 saturated carbocycles. The lowest BCUT2D eigenvalue weighted by atomic mass is 9.98. The summed E-state index contributed by atoms with van der Waals surface area (Å²) in [5.41, 5.74) is 10.1. The first-order valence-corrected chi connectivity index (χ1v) is 13.6. The van der Waals surface area contributed by atoms with Gasteiger partial charge in [0.15, 0.2) is 10.2 Å². The second-order valence-corrected chi connectivity index (χ2v) is 11.0. The molecule has 4 aromatic rings. The van der Waals surface area contributed by atoms with Gasteiger partial charge in [0, 0.05) is 63.2 Å². The quantitative estimate of drug-likeness (QED) is 0.0947. The molecule has 0 aliphatic heterocycles. The van der Waals surface area contributed by atoms with Gasteiger partial charge in [-0.3, -0.25) is 19.7 Å². The zero-order valence-electron chi connectivity index (χ0n) is 21.6. The number of rotatable bonds is 4. The largest absolute Gasteiger partial charge is 0.398 e. The van der Waals surface area contributed by atoms with Crippen LogP contribution < -0.4 is 5.73 Å². The highest BCUT2D eigenvalue weighted by Crippen LogP contribution is 2.34. The monoisotopic (exact) mass is 562 g/mol. The summed E-state index contributed by atoms with van der Waals surface area (Å²) >= 11 is 2.30. The Morgan fingerprint density at radius 1 is 0.650 bits per heavy atom. The van der Waals surface area contributed by atoms with Gasteiger partial charge >= 0.3 is 0 Å². The highest BCUT2D eigenvalue weighted by Gasteiger charge is 2.18. The van der Waals surface area contributed by atoms with Crippen molar-refractivity contribution >= 4 is 45.1 Å². The molecule has 6 nitrogen and oxygen atoms in total. The van der Waals surface area contributed by atoms with Crippen molar-refractivity contribution in [3.63, 3.8) is 0 Å². The fraction of sp³-hybridized carbons (Fsp3) is 0.0625. The number of nitrogen functional groups attached to an aromatic ring is 1. The Morgan fingerprint density at radius 3 is 1.48 bits per heavy atom. The topological polar surface area (TPSA) is 103 Å². The molecule has 2 N–H and O–H groups in total. The standard InChI is InChI=1S/C32H22N2O4S2/c1-21(35)39-27-13-7-23(8-14-27)3-5-25-11-17-29(31(33)19-25)30-18-12-26(20-32(30)34(37)38)6-4-24-9-15-28(16-10-24)40-22(2)36/h7-20H,33H2,1-2H3. The summed E-state index contributed by atoms with van der Waals surface area (Å²) in [4.78, 5) is 35.6. The van der Waals surface area contributed by atoms with E-state index in [2.05, 4.69) is 23.7 Å². The number of benzene rings is 4. The van der Waals surface area contributed by atoms with E-state index >= 15 is 0 Å². The molecular formula is C32H22N2O4S2. The van der Waals surface area contributed by atoms with E-state index in [-0.39, 0.29) is 15.9 Å². The first-order chi connectivity index (χ1) is 19.2. The third-order valence-electron chi connectivity index (χ3n) is 5.47. The second-order valence-electron chi connectivity index (χ2n) is 8.53. The predicted octanol–water partition coefficient (Wildman–Crippen LogP) is 6.92. The summed E-state index contributed by atoms with van der Waals surface area (Å²) < 4.78 is 0. The predicted molar refractivity (Wildman–Crippen MR) is 161 cm³/mol. The van der Waals surface area contributed by atoms with E-state index in [1.165, 1.54) is 19.9 Å². The van der Waals surface area contributed by atoms with Gasteiger partial charge in [0.1, 0.15) is 0 Å². The number of nitro benzene ring substituents is 1. The number of carbonyl (C=O) groups is 2. The molecule has 40 heavy (non-hydrogen) atoms. The molecule has 0 saturated heterocycles. The van der Waals surface area contributed by atoms with Crippen LogP contribution in [0.25, 0.3) is 11.1 Å². The maximum absolute atomic E-state index is 11.9. The maximum atomic E-state index is 11.9. The van der Waals surface area contributed by atoms with Crippen LogP contribution in [-0.2, 0) is 9.59 Å². The molecule has 0 radical (unpaired) electrons. The van der Waals surface area contributed by atoms with Crippen LogP contribution in [0.5, 0.6) is 0 Å². The van der Waals surface area contributed by atoms with Crippen molar-refractivity contribution < 1.29 is 14.5 Å². The van der Waals surface area contributed by atoms with Gasteiger partial charge in [-0.1, -0.05) is 53.3 Å². The van der Waals surface area contributed by atoms with Crippen LogP contribution in [0.3, 0.4) is 0 Å². The molecule has 0 spiro atoms. The summed E-state index contributed by atoms with van der Waals surface area (Å²) in [6, 6.07) is 24.6. The molecule has 0 atom stereocenters. The number of hydrogen-bond acceptors (Lipinski definition) is 7. The maximum Gasteiger partial charge on any atom is 0.278 e. The zero-order valence-corrected chi connectivity index (χ0v) is 23.2.